The Bertz CT molecular complexity index is 221. The first kappa shape index (κ1) is 10.1. The van der Waals surface area contributed by atoms with E-state index in [0.29, 0.717) is 5.75 Å². The zero-order chi connectivity index (χ0) is 9.57. The van der Waals surface area contributed by atoms with E-state index in [1.807, 2.05) is 33.8 Å². The van der Waals surface area contributed by atoms with E-state index in [1.54, 1.807) is 0 Å². The van der Waals surface area contributed by atoms with Gasteiger partial charge in [0.15, 0.2) is 0 Å². The van der Waals surface area contributed by atoms with Crippen LogP contribution >= 0.6 is 12.6 Å². The van der Waals surface area contributed by atoms with Crippen LogP contribution in [0, 0.1) is 0 Å². The van der Waals surface area contributed by atoms with Gasteiger partial charge in [0.2, 0.25) is 0 Å². The third kappa shape index (κ3) is 1.30. The predicted octanol–water partition coefficient (Wildman–Crippen LogP) is 2.06. The van der Waals surface area contributed by atoms with Crippen LogP contribution in [0.4, 0.5) is 0 Å². The van der Waals surface area contributed by atoms with Crippen molar-refractivity contribution in [3.8, 4) is 0 Å². The summed E-state index contributed by atoms with van der Waals surface area (Å²) in [7, 11) is 0. The number of hydrogen-bond acceptors (Lipinski definition) is 2. The minimum atomic E-state index is -0.384. The van der Waals surface area contributed by atoms with Crippen LogP contribution in [0.2, 0.25) is 0 Å². The highest BCUT2D eigenvalue weighted by Crippen LogP contribution is 2.38. The summed E-state index contributed by atoms with van der Waals surface area (Å²) >= 11 is 4.21. The van der Waals surface area contributed by atoms with Crippen molar-refractivity contribution in [3.63, 3.8) is 0 Å². The van der Waals surface area contributed by atoms with E-state index in [4.69, 9.17) is 0 Å². The Kier molecular flexibility index (Phi) is 2.32. The molecule has 0 aromatic carbocycles. The normalized spacial score (nSPS) is 27.3. The highest BCUT2D eigenvalue weighted by molar-refractivity contribution is 7.80. The molecule has 0 saturated heterocycles. The van der Waals surface area contributed by atoms with Crippen molar-refractivity contribution in [1.29, 1.82) is 0 Å². The molecule has 0 aliphatic carbocycles. The van der Waals surface area contributed by atoms with Gasteiger partial charge in [-0.25, -0.2) is 0 Å². The molecule has 2 nitrogen and oxygen atoms in total. The van der Waals surface area contributed by atoms with Crippen LogP contribution in [0.15, 0.2) is 11.6 Å². The van der Waals surface area contributed by atoms with Crippen LogP contribution in [0.1, 0.15) is 27.7 Å². The summed E-state index contributed by atoms with van der Waals surface area (Å²) in [5, 5.41) is 12.9. The molecule has 1 radical (unpaired) electrons. The second kappa shape index (κ2) is 2.76. The maximum atomic E-state index is 11.7. The van der Waals surface area contributed by atoms with Crippen molar-refractivity contribution in [3.05, 3.63) is 11.6 Å². The van der Waals surface area contributed by atoms with E-state index in [0.717, 1.165) is 10.6 Å². The van der Waals surface area contributed by atoms with Gasteiger partial charge in [0.1, 0.15) is 0 Å². The van der Waals surface area contributed by atoms with Gasteiger partial charge in [0, 0.05) is 5.75 Å². The Labute approximate surface area is 79.6 Å². The monoisotopic (exact) mass is 186 g/mol. The molecular formula is C9H16NOS. The summed E-state index contributed by atoms with van der Waals surface area (Å²) in [6.07, 6.45) is 2.02. The molecular weight excluding hydrogens is 170 g/mol. The van der Waals surface area contributed by atoms with Gasteiger partial charge < -0.3 is 0 Å². The molecule has 0 aromatic heterocycles. The molecule has 12 heavy (non-hydrogen) atoms. The van der Waals surface area contributed by atoms with Gasteiger partial charge in [0.05, 0.1) is 11.1 Å². The van der Waals surface area contributed by atoms with Gasteiger partial charge in [-0.05, 0) is 33.3 Å². The molecule has 0 bridgehead atoms. The molecule has 1 rings (SSSR count). The molecule has 69 valence electrons. The molecule has 1 aliphatic rings. The Morgan fingerprint density at radius 3 is 2.08 bits per heavy atom. The van der Waals surface area contributed by atoms with Crippen LogP contribution in [-0.4, -0.2) is 21.9 Å². The molecule has 1 aliphatic heterocycles. The maximum absolute atomic E-state index is 11.7. The van der Waals surface area contributed by atoms with E-state index in [-0.39, 0.29) is 11.1 Å². The Balaban J connectivity index is 3.03. The van der Waals surface area contributed by atoms with E-state index in [9.17, 15) is 5.21 Å². The highest BCUT2D eigenvalue weighted by atomic mass is 32.1. The number of nitrogens with zero attached hydrogens (tertiary/aromatic N) is 1. The summed E-state index contributed by atoms with van der Waals surface area (Å²) < 4.78 is 0. The van der Waals surface area contributed by atoms with Crippen molar-refractivity contribution in [2.45, 2.75) is 38.8 Å². The minimum absolute atomic E-state index is 0.373. The van der Waals surface area contributed by atoms with Crippen LogP contribution < -0.4 is 0 Å². The lowest BCUT2D eigenvalue weighted by atomic mass is 9.98. The standard InChI is InChI=1S/C9H16NOS/c1-8(2)5-7(6-12)9(3,4)10(8)11/h5,12H,6H2,1-4H3. The number of hydrogen-bond donors (Lipinski definition) is 1. The zero-order valence-electron chi connectivity index (χ0n) is 8.09. The van der Waals surface area contributed by atoms with Crippen molar-refractivity contribution in [2.24, 2.45) is 0 Å². The molecule has 0 aromatic rings. The molecule has 0 spiro atoms. The Hall–Kier alpha value is 0.01000. The average Bonchev–Trinajstić information content (AvgIpc) is 2.11. The van der Waals surface area contributed by atoms with E-state index in [2.05, 4.69) is 12.6 Å². The van der Waals surface area contributed by atoms with E-state index >= 15 is 0 Å². The number of rotatable bonds is 1. The molecule has 0 fully saturated rings. The number of hydroxylamine groups is 2. The lowest BCUT2D eigenvalue weighted by Gasteiger charge is -2.33. The summed E-state index contributed by atoms with van der Waals surface area (Å²) in [4.78, 5) is 0. The lowest BCUT2D eigenvalue weighted by molar-refractivity contribution is -0.238. The van der Waals surface area contributed by atoms with Crippen molar-refractivity contribution < 1.29 is 5.21 Å². The lowest BCUT2D eigenvalue weighted by Crippen LogP contribution is -2.46. The van der Waals surface area contributed by atoms with Crippen LogP contribution in [0.25, 0.3) is 0 Å². The van der Waals surface area contributed by atoms with E-state index in [1.165, 1.54) is 0 Å². The Morgan fingerprint density at radius 2 is 1.92 bits per heavy atom. The largest absolute Gasteiger partial charge is 0.175 e. The first-order valence-electron chi connectivity index (χ1n) is 4.13. The molecule has 3 heteroatoms. The van der Waals surface area contributed by atoms with Crippen molar-refractivity contribution >= 4 is 12.6 Å². The Morgan fingerprint density at radius 1 is 1.42 bits per heavy atom. The number of thiol groups is 1. The molecule has 1 heterocycles. The van der Waals surface area contributed by atoms with Crippen LogP contribution in [0.5, 0.6) is 0 Å². The topological polar surface area (TPSA) is 23.1 Å². The third-order valence-corrected chi connectivity index (χ3v) is 2.86. The summed E-state index contributed by atoms with van der Waals surface area (Å²) in [6, 6.07) is 0. The fraction of sp³-hybridized carbons (Fsp3) is 0.778. The average molecular weight is 186 g/mol. The zero-order valence-corrected chi connectivity index (χ0v) is 8.98. The first-order valence-corrected chi connectivity index (χ1v) is 4.76. The van der Waals surface area contributed by atoms with Gasteiger partial charge in [-0.15, -0.1) is 10.3 Å². The SMILES string of the molecule is CC1(C)C=C(CS)C(C)(C)N1[O]. The summed E-state index contributed by atoms with van der Waals surface area (Å²) in [6.45, 7) is 7.74. The van der Waals surface area contributed by atoms with Crippen LogP contribution in [-0.2, 0) is 5.21 Å². The minimum Gasteiger partial charge on any atom is -0.175 e. The van der Waals surface area contributed by atoms with Crippen molar-refractivity contribution in [2.75, 3.05) is 5.75 Å². The predicted molar refractivity (Wildman–Crippen MR) is 52.6 cm³/mol. The van der Waals surface area contributed by atoms with Gasteiger partial charge >= 0.3 is 0 Å². The van der Waals surface area contributed by atoms with Gasteiger partial charge in [-0.3, -0.25) is 0 Å². The first-order chi connectivity index (χ1) is 5.32. The maximum Gasteiger partial charge on any atom is 0.0664 e. The fourth-order valence-corrected chi connectivity index (χ4v) is 2.23. The molecule has 0 amide bonds. The smallest absolute Gasteiger partial charge is 0.0664 e. The highest BCUT2D eigenvalue weighted by Gasteiger charge is 2.45. The van der Waals surface area contributed by atoms with E-state index < -0.39 is 0 Å². The molecule has 0 N–H and O–H groups in total. The molecule has 0 saturated carbocycles. The molecule has 0 unspecified atom stereocenters. The quantitative estimate of drug-likeness (QED) is 0.491. The molecule has 0 atom stereocenters. The fourth-order valence-electron chi connectivity index (χ4n) is 1.75. The van der Waals surface area contributed by atoms with Crippen molar-refractivity contribution in [1.82, 2.24) is 5.06 Å². The van der Waals surface area contributed by atoms with Gasteiger partial charge in [-0.1, -0.05) is 6.08 Å². The second-order valence-corrected chi connectivity index (χ2v) is 4.65. The third-order valence-electron chi connectivity index (χ3n) is 2.51. The van der Waals surface area contributed by atoms with Crippen LogP contribution in [0.3, 0.4) is 0 Å². The van der Waals surface area contributed by atoms with Gasteiger partial charge in [0.25, 0.3) is 0 Å². The summed E-state index contributed by atoms with van der Waals surface area (Å²) in [5.41, 5.74) is 0.359. The summed E-state index contributed by atoms with van der Waals surface area (Å²) in [5.74, 6) is 0.662. The second-order valence-electron chi connectivity index (χ2n) is 4.33. The van der Waals surface area contributed by atoms with Gasteiger partial charge in [-0.2, -0.15) is 12.6 Å².